The van der Waals surface area contributed by atoms with Gasteiger partial charge in [-0.1, -0.05) is 12.1 Å². The van der Waals surface area contributed by atoms with Gasteiger partial charge in [0.05, 0.1) is 0 Å². The van der Waals surface area contributed by atoms with Crippen molar-refractivity contribution in [3.05, 3.63) is 48.0 Å². The van der Waals surface area contributed by atoms with Crippen LogP contribution in [0, 0.1) is 0 Å². The number of ether oxygens (including phenoxy) is 1. The summed E-state index contributed by atoms with van der Waals surface area (Å²) in [6.45, 7) is 5.42. The average Bonchev–Trinajstić information content (AvgIpc) is 2.84. The summed E-state index contributed by atoms with van der Waals surface area (Å²) in [6, 6.07) is 7.89. The SMILES string of the molecule is CCn1ccnc1COc1cccc([C@@H](C)N)c1. The predicted molar refractivity (Wildman–Crippen MR) is 71.3 cm³/mol. The van der Waals surface area contributed by atoms with Crippen LogP contribution in [0.3, 0.4) is 0 Å². The second-order valence-corrected chi connectivity index (χ2v) is 4.28. The van der Waals surface area contributed by atoms with Crippen LogP contribution < -0.4 is 10.5 Å². The van der Waals surface area contributed by atoms with E-state index in [-0.39, 0.29) is 6.04 Å². The molecule has 0 radical (unpaired) electrons. The highest BCUT2D eigenvalue weighted by atomic mass is 16.5. The van der Waals surface area contributed by atoms with Crippen molar-refractivity contribution >= 4 is 0 Å². The number of nitrogens with zero attached hydrogens (tertiary/aromatic N) is 2. The largest absolute Gasteiger partial charge is 0.486 e. The fourth-order valence-electron chi connectivity index (χ4n) is 1.80. The molecular weight excluding hydrogens is 226 g/mol. The summed E-state index contributed by atoms with van der Waals surface area (Å²) >= 11 is 0. The van der Waals surface area contributed by atoms with E-state index in [1.165, 1.54) is 0 Å². The first kappa shape index (κ1) is 12.6. The van der Waals surface area contributed by atoms with Gasteiger partial charge in [-0.05, 0) is 31.5 Å². The summed E-state index contributed by atoms with van der Waals surface area (Å²) in [5.74, 6) is 1.76. The maximum atomic E-state index is 5.85. The molecular formula is C14H19N3O. The molecule has 0 aliphatic heterocycles. The molecule has 0 unspecified atom stereocenters. The highest BCUT2D eigenvalue weighted by Gasteiger charge is 2.04. The van der Waals surface area contributed by atoms with Gasteiger partial charge >= 0.3 is 0 Å². The number of nitrogens with two attached hydrogens (primary N) is 1. The van der Waals surface area contributed by atoms with Gasteiger partial charge in [0.25, 0.3) is 0 Å². The van der Waals surface area contributed by atoms with Gasteiger partial charge in [0.15, 0.2) is 0 Å². The Morgan fingerprint density at radius 1 is 1.44 bits per heavy atom. The van der Waals surface area contributed by atoms with E-state index < -0.39 is 0 Å². The summed E-state index contributed by atoms with van der Waals surface area (Å²) < 4.78 is 7.81. The Morgan fingerprint density at radius 3 is 3.00 bits per heavy atom. The summed E-state index contributed by atoms with van der Waals surface area (Å²) in [4.78, 5) is 4.27. The average molecular weight is 245 g/mol. The van der Waals surface area contributed by atoms with Crippen molar-refractivity contribution < 1.29 is 4.74 Å². The second-order valence-electron chi connectivity index (χ2n) is 4.28. The topological polar surface area (TPSA) is 53.1 Å². The van der Waals surface area contributed by atoms with Crippen LogP contribution in [-0.4, -0.2) is 9.55 Å². The molecule has 96 valence electrons. The normalized spacial score (nSPS) is 12.4. The third-order valence-electron chi connectivity index (χ3n) is 2.89. The van der Waals surface area contributed by atoms with Crippen LogP contribution >= 0.6 is 0 Å². The van der Waals surface area contributed by atoms with Crippen molar-refractivity contribution in [2.24, 2.45) is 5.73 Å². The van der Waals surface area contributed by atoms with Crippen molar-refractivity contribution in [2.75, 3.05) is 0 Å². The van der Waals surface area contributed by atoms with Crippen molar-refractivity contribution in [1.29, 1.82) is 0 Å². The summed E-state index contributed by atoms with van der Waals surface area (Å²) in [7, 11) is 0. The zero-order valence-corrected chi connectivity index (χ0v) is 10.8. The Morgan fingerprint density at radius 2 is 2.28 bits per heavy atom. The minimum absolute atomic E-state index is 0.0196. The third-order valence-corrected chi connectivity index (χ3v) is 2.89. The number of aromatic nitrogens is 2. The monoisotopic (exact) mass is 245 g/mol. The van der Waals surface area contributed by atoms with Gasteiger partial charge in [-0.3, -0.25) is 0 Å². The first-order chi connectivity index (χ1) is 8.70. The number of rotatable bonds is 5. The van der Waals surface area contributed by atoms with Crippen molar-refractivity contribution in [3.8, 4) is 5.75 Å². The summed E-state index contributed by atoms with van der Waals surface area (Å²) in [5, 5.41) is 0. The van der Waals surface area contributed by atoms with Crippen LogP contribution in [0.2, 0.25) is 0 Å². The predicted octanol–water partition coefficient (Wildman–Crippen LogP) is 2.50. The van der Waals surface area contributed by atoms with Crippen LogP contribution in [0.15, 0.2) is 36.7 Å². The molecule has 18 heavy (non-hydrogen) atoms. The van der Waals surface area contributed by atoms with Gasteiger partial charge in [0, 0.05) is 25.0 Å². The molecule has 2 N–H and O–H groups in total. The number of hydrogen-bond acceptors (Lipinski definition) is 3. The molecule has 1 heterocycles. The number of imidazole rings is 1. The Labute approximate surface area is 107 Å². The summed E-state index contributed by atoms with van der Waals surface area (Å²) in [6.07, 6.45) is 3.75. The minimum Gasteiger partial charge on any atom is -0.486 e. The molecule has 0 saturated heterocycles. The van der Waals surface area contributed by atoms with Crippen LogP contribution in [-0.2, 0) is 13.2 Å². The lowest BCUT2D eigenvalue weighted by atomic mass is 10.1. The smallest absolute Gasteiger partial charge is 0.146 e. The van der Waals surface area contributed by atoms with Gasteiger partial charge in [-0.2, -0.15) is 0 Å². The van der Waals surface area contributed by atoms with Crippen molar-refractivity contribution in [3.63, 3.8) is 0 Å². The first-order valence-electron chi connectivity index (χ1n) is 6.19. The third kappa shape index (κ3) is 2.90. The van der Waals surface area contributed by atoms with E-state index in [0.717, 1.165) is 23.7 Å². The quantitative estimate of drug-likeness (QED) is 0.880. The van der Waals surface area contributed by atoms with E-state index in [2.05, 4.69) is 16.5 Å². The van der Waals surface area contributed by atoms with Crippen LogP contribution in [0.4, 0.5) is 0 Å². The molecule has 1 atom stereocenters. The highest BCUT2D eigenvalue weighted by Crippen LogP contribution is 2.18. The Kier molecular flexibility index (Phi) is 3.99. The van der Waals surface area contributed by atoms with E-state index in [1.54, 1.807) is 6.20 Å². The highest BCUT2D eigenvalue weighted by molar-refractivity contribution is 5.30. The molecule has 0 bridgehead atoms. The molecule has 4 heteroatoms. The fourth-order valence-corrected chi connectivity index (χ4v) is 1.80. The van der Waals surface area contributed by atoms with Crippen LogP contribution in [0.5, 0.6) is 5.75 Å². The second kappa shape index (κ2) is 5.69. The molecule has 2 aromatic rings. The number of hydrogen-bond donors (Lipinski definition) is 1. The van der Waals surface area contributed by atoms with E-state index in [1.807, 2.05) is 37.4 Å². The lowest BCUT2D eigenvalue weighted by molar-refractivity contribution is 0.289. The molecule has 1 aromatic carbocycles. The molecule has 1 aromatic heterocycles. The van der Waals surface area contributed by atoms with Gasteiger partial charge < -0.3 is 15.0 Å². The standard InChI is InChI=1S/C14H19N3O/c1-3-17-8-7-16-14(17)10-18-13-6-4-5-12(9-13)11(2)15/h4-9,11H,3,10,15H2,1-2H3/t11-/m1/s1. The van der Waals surface area contributed by atoms with Crippen molar-refractivity contribution in [1.82, 2.24) is 9.55 Å². The van der Waals surface area contributed by atoms with Crippen LogP contribution in [0.25, 0.3) is 0 Å². The minimum atomic E-state index is 0.0196. The Hall–Kier alpha value is -1.81. The number of aryl methyl sites for hydroxylation is 1. The van der Waals surface area contributed by atoms with Gasteiger partial charge in [-0.25, -0.2) is 4.98 Å². The number of benzene rings is 1. The van der Waals surface area contributed by atoms with Gasteiger partial charge in [-0.15, -0.1) is 0 Å². The zero-order chi connectivity index (χ0) is 13.0. The Balaban J connectivity index is 2.04. The van der Waals surface area contributed by atoms with E-state index in [0.29, 0.717) is 6.61 Å². The van der Waals surface area contributed by atoms with E-state index in [4.69, 9.17) is 10.5 Å². The Bertz CT molecular complexity index is 505. The molecule has 0 aliphatic carbocycles. The van der Waals surface area contributed by atoms with Gasteiger partial charge in [0.1, 0.15) is 18.2 Å². The molecule has 4 nitrogen and oxygen atoms in total. The lowest BCUT2D eigenvalue weighted by Gasteiger charge is -2.10. The first-order valence-corrected chi connectivity index (χ1v) is 6.19. The van der Waals surface area contributed by atoms with E-state index in [9.17, 15) is 0 Å². The molecule has 0 spiro atoms. The summed E-state index contributed by atoms with van der Waals surface area (Å²) in [5.41, 5.74) is 6.92. The zero-order valence-electron chi connectivity index (χ0n) is 10.8. The molecule has 2 rings (SSSR count). The molecule has 0 amide bonds. The van der Waals surface area contributed by atoms with E-state index >= 15 is 0 Å². The lowest BCUT2D eigenvalue weighted by Crippen LogP contribution is -2.07. The molecule has 0 saturated carbocycles. The van der Waals surface area contributed by atoms with Gasteiger partial charge in [0.2, 0.25) is 0 Å². The van der Waals surface area contributed by atoms with Crippen molar-refractivity contribution in [2.45, 2.75) is 33.0 Å². The fraction of sp³-hybridized carbons (Fsp3) is 0.357. The maximum absolute atomic E-state index is 5.85. The maximum Gasteiger partial charge on any atom is 0.146 e. The molecule has 0 aliphatic rings. The molecule has 0 fully saturated rings. The van der Waals surface area contributed by atoms with Crippen LogP contribution in [0.1, 0.15) is 31.3 Å².